The van der Waals surface area contributed by atoms with Crippen LogP contribution in [-0.4, -0.2) is 64.1 Å². The molecule has 4 heterocycles. The van der Waals surface area contributed by atoms with Gasteiger partial charge in [-0.25, -0.2) is 13.5 Å². The van der Waals surface area contributed by atoms with E-state index in [1.165, 1.54) is 29.6 Å². The van der Waals surface area contributed by atoms with Gasteiger partial charge in [0.1, 0.15) is 18.0 Å². The van der Waals surface area contributed by atoms with Gasteiger partial charge in [-0.15, -0.1) is 5.10 Å². The van der Waals surface area contributed by atoms with Crippen molar-refractivity contribution in [2.45, 2.75) is 31.5 Å². The Hall–Kier alpha value is -3.04. The number of hydrogen-bond acceptors (Lipinski definition) is 6. The van der Waals surface area contributed by atoms with Crippen LogP contribution in [0.3, 0.4) is 0 Å². The Morgan fingerprint density at radius 2 is 1.78 bits per heavy atom. The van der Waals surface area contributed by atoms with E-state index in [4.69, 9.17) is 4.74 Å². The van der Waals surface area contributed by atoms with Gasteiger partial charge in [0.05, 0.1) is 18.4 Å². The van der Waals surface area contributed by atoms with Crippen molar-refractivity contribution in [3.8, 4) is 5.69 Å². The number of fused-ring (bicyclic) bond motifs is 2. The molecule has 0 spiro atoms. The van der Waals surface area contributed by atoms with E-state index < -0.39 is 11.6 Å². The molecule has 2 bridgehead atoms. The Morgan fingerprint density at radius 3 is 2.50 bits per heavy atom. The predicted octanol–water partition coefficient (Wildman–Crippen LogP) is 3.26. The van der Waals surface area contributed by atoms with Gasteiger partial charge in [0.25, 0.3) is 0 Å². The summed E-state index contributed by atoms with van der Waals surface area (Å²) < 4.78 is 34.1. The third-order valence-corrected chi connectivity index (χ3v) is 6.56. The van der Waals surface area contributed by atoms with Crippen molar-refractivity contribution in [1.82, 2.24) is 19.7 Å². The standard InChI is InChI=1S/C23H24F2N6O/c1-14-2-17(27-23-26-13-31(28-23)19-5-15(24)4-16(25)6-19)7-18(3-14)29-9-21(10-29)30-11-22-8-20(30)12-32-22/h2-7,13,20-22H,8-12H2,1H3,(H,27,28). The van der Waals surface area contributed by atoms with Crippen LogP contribution in [0, 0.1) is 18.6 Å². The van der Waals surface area contributed by atoms with Crippen LogP contribution in [-0.2, 0) is 4.74 Å². The molecule has 0 aliphatic carbocycles. The average Bonchev–Trinajstić information content (AvgIpc) is 3.43. The molecule has 3 saturated heterocycles. The Bertz CT molecular complexity index is 1140. The van der Waals surface area contributed by atoms with Crippen LogP contribution in [0.2, 0.25) is 0 Å². The molecule has 2 atom stereocenters. The highest BCUT2D eigenvalue weighted by molar-refractivity contribution is 5.65. The lowest BCUT2D eigenvalue weighted by Crippen LogP contribution is -2.62. The zero-order valence-corrected chi connectivity index (χ0v) is 17.7. The number of hydrogen-bond donors (Lipinski definition) is 1. The van der Waals surface area contributed by atoms with Gasteiger partial charge < -0.3 is 15.0 Å². The Kier molecular flexibility index (Phi) is 4.62. The summed E-state index contributed by atoms with van der Waals surface area (Å²) >= 11 is 0. The van der Waals surface area contributed by atoms with Gasteiger partial charge in [-0.05, 0) is 49.2 Å². The van der Waals surface area contributed by atoms with Crippen LogP contribution >= 0.6 is 0 Å². The summed E-state index contributed by atoms with van der Waals surface area (Å²) in [5.74, 6) is -0.952. The van der Waals surface area contributed by atoms with Crippen molar-refractivity contribution >= 4 is 17.3 Å². The SMILES string of the molecule is Cc1cc(Nc2ncn(-c3cc(F)cc(F)c3)n2)cc(N2CC(N3CC4CC3CO4)C2)c1. The number of halogens is 2. The summed E-state index contributed by atoms with van der Waals surface area (Å²) in [5.41, 5.74) is 3.45. The number of likely N-dealkylation sites (tertiary alicyclic amines) is 1. The third-order valence-electron chi connectivity index (χ3n) is 6.56. The molecule has 7 nitrogen and oxygen atoms in total. The molecule has 32 heavy (non-hydrogen) atoms. The Labute approximate surface area is 184 Å². The summed E-state index contributed by atoms with van der Waals surface area (Å²) in [5, 5.41) is 7.52. The fourth-order valence-corrected chi connectivity index (χ4v) is 5.02. The van der Waals surface area contributed by atoms with Crippen molar-refractivity contribution < 1.29 is 13.5 Å². The van der Waals surface area contributed by atoms with Crippen LogP contribution in [0.4, 0.5) is 26.1 Å². The molecule has 3 aliphatic rings. The molecular formula is C23H24F2N6O. The largest absolute Gasteiger partial charge is 0.375 e. The molecule has 1 aromatic heterocycles. The van der Waals surface area contributed by atoms with Gasteiger partial charge >= 0.3 is 0 Å². The molecule has 2 unspecified atom stereocenters. The molecule has 1 N–H and O–H groups in total. The lowest BCUT2D eigenvalue weighted by molar-refractivity contribution is 0.00572. The smallest absolute Gasteiger partial charge is 0.246 e. The first-order chi connectivity index (χ1) is 15.5. The zero-order valence-electron chi connectivity index (χ0n) is 17.7. The Balaban J connectivity index is 1.15. The summed E-state index contributed by atoms with van der Waals surface area (Å²) in [4.78, 5) is 9.24. The van der Waals surface area contributed by atoms with Crippen molar-refractivity contribution in [2.75, 3.05) is 36.5 Å². The maximum absolute atomic E-state index is 13.5. The van der Waals surface area contributed by atoms with Gasteiger partial charge in [-0.3, -0.25) is 4.90 Å². The van der Waals surface area contributed by atoms with E-state index >= 15 is 0 Å². The number of anilines is 3. The fraction of sp³-hybridized carbons (Fsp3) is 0.391. The number of nitrogens with zero attached hydrogens (tertiary/aromatic N) is 5. The molecular weight excluding hydrogens is 414 g/mol. The second-order valence-corrected chi connectivity index (χ2v) is 8.92. The topological polar surface area (TPSA) is 58.5 Å². The van der Waals surface area contributed by atoms with Gasteiger partial charge in [-0.2, -0.15) is 4.98 Å². The van der Waals surface area contributed by atoms with E-state index in [1.807, 2.05) is 6.07 Å². The maximum Gasteiger partial charge on any atom is 0.246 e. The average molecular weight is 438 g/mol. The fourth-order valence-electron chi connectivity index (χ4n) is 5.02. The minimum absolute atomic E-state index is 0.278. The summed E-state index contributed by atoms with van der Waals surface area (Å²) in [6.07, 6.45) is 3.04. The molecule has 9 heteroatoms. The minimum atomic E-state index is -0.657. The number of nitrogens with one attached hydrogen (secondary N) is 1. The molecule has 0 saturated carbocycles. The van der Waals surface area contributed by atoms with Crippen LogP contribution < -0.4 is 10.2 Å². The highest BCUT2D eigenvalue weighted by atomic mass is 19.1. The van der Waals surface area contributed by atoms with Crippen molar-refractivity contribution in [2.24, 2.45) is 0 Å². The first-order valence-corrected chi connectivity index (χ1v) is 10.9. The predicted molar refractivity (Wildman–Crippen MR) is 117 cm³/mol. The maximum atomic E-state index is 13.5. The lowest BCUT2D eigenvalue weighted by atomic mass is 10.0. The van der Waals surface area contributed by atoms with E-state index in [1.54, 1.807) is 0 Å². The summed E-state index contributed by atoms with van der Waals surface area (Å²) in [6, 6.07) is 10.7. The van der Waals surface area contributed by atoms with Crippen LogP contribution in [0.25, 0.3) is 5.69 Å². The minimum Gasteiger partial charge on any atom is -0.375 e. The van der Waals surface area contributed by atoms with Gasteiger partial charge in [0.2, 0.25) is 5.95 Å². The molecule has 0 radical (unpaired) electrons. The first kappa shape index (κ1) is 19.6. The highest BCUT2D eigenvalue weighted by Gasteiger charge is 2.45. The first-order valence-electron chi connectivity index (χ1n) is 10.9. The van der Waals surface area contributed by atoms with Gasteiger partial charge in [0, 0.05) is 49.2 Å². The van der Waals surface area contributed by atoms with E-state index in [0.29, 0.717) is 24.1 Å². The molecule has 6 rings (SSSR count). The highest BCUT2D eigenvalue weighted by Crippen LogP contribution is 2.35. The van der Waals surface area contributed by atoms with E-state index in [2.05, 4.69) is 44.3 Å². The lowest BCUT2D eigenvalue weighted by Gasteiger charge is -2.48. The number of morpholine rings is 1. The Morgan fingerprint density at radius 1 is 0.969 bits per heavy atom. The number of ether oxygens (including phenoxy) is 1. The number of aryl methyl sites for hydroxylation is 1. The second-order valence-electron chi connectivity index (χ2n) is 8.92. The molecule has 3 aromatic rings. The summed E-state index contributed by atoms with van der Waals surface area (Å²) in [7, 11) is 0. The third kappa shape index (κ3) is 3.61. The van der Waals surface area contributed by atoms with Crippen molar-refractivity contribution in [3.05, 3.63) is 59.9 Å². The second kappa shape index (κ2) is 7.53. The number of rotatable bonds is 5. The van der Waals surface area contributed by atoms with E-state index in [9.17, 15) is 8.78 Å². The van der Waals surface area contributed by atoms with Gasteiger partial charge in [-0.1, -0.05) is 0 Å². The normalized spacial score (nSPS) is 23.0. The molecule has 3 aliphatic heterocycles. The molecule has 2 aromatic carbocycles. The van der Waals surface area contributed by atoms with Gasteiger partial charge in [0.15, 0.2) is 0 Å². The molecule has 3 fully saturated rings. The quantitative estimate of drug-likeness (QED) is 0.660. The van der Waals surface area contributed by atoms with E-state index in [0.717, 1.165) is 49.2 Å². The number of benzene rings is 2. The monoisotopic (exact) mass is 438 g/mol. The van der Waals surface area contributed by atoms with Crippen LogP contribution in [0.1, 0.15) is 12.0 Å². The van der Waals surface area contributed by atoms with E-state index in [-0.39, 0.29) is 5.69 Å². The van der Waals surface area contributed by atoms with Crippen molar-refractivity contribution in [3.63, 3.8) is 0 Å². The molecule has 166 valence electrons. The molecule has 0 amide bonds. The van der Waals surface area contributed by atoms with Crippen LogP contribution in [0.15, 0.2) is 42.7 Å². The zero-order chi connectivity index (χ0) is 21.8. The number of aromatic nitrogens is 3. The van der Waals surface area contributed by atoms with Crippen LogP contribution in [0.5, 0.6) is 0 Å². The van der Waals surface area contributed by atoms with Crippen molar-refractivity contribution in [1.29, 1.82) is 0 Å². The summed E-state index contributed by atoms with van der Waals surface area (Å²) in [6.45, 7) is 6.04.